The van der Waals surface area contributed by atoms with Crippen molar-refractivity contribution in [2.45, 2.75) is 40.0 Å². The molecule has 8 heterocycles. The SMILES string of the molecule is C[C@@H]1C[C@@H](C)CN(c2nc3c(F)cnc(Nc4cc(N)ncn4)c3s2)C1.C[C@H]1CCCN(c2nc3c(F)cnc(Nc4cc(N)ncn4)c3s2)C1. The zero-order valence-corrected chi connectivity index (χ0v) is 30.0. The van der Waals surface area contributed by atoms with E-state index in [0.717, 1.165) is 42.9 Å². The molecule has 0 unspecified atom stereocenters. The van der Waals surface area contributed by atoms with Gasteiger partial charge in [0.05, 0.1) is 12.4 Å². The first-order chi connectivity index (χ1) is 24.6. The third kappa shape index (κ3) is 7.80. The Morgan fingerprint density at radius 2 is 1.18 bits per heavy atom. The van der Waals surface area contributed by atoms with Crippen LogP contribution in [0.4, 0.5) is 54.0 Å². The number of piperidine rings is 2. The highest BCUT2D eigenvalue weighted by Gasteiger charge is 2.26. The number of rotatable bonds is 6. The molecule has 3 atom stereocenters. The van der Waals surface area contributed by atoms with E-state index in [-0.39, 0.29) is 0 Å². The number of nitrogens with one attached hydrogen (secondary N) is 2. The van der Waals surface area contributed by atoms with Crippen LogP contribution in [0.25, 0.3) is 20.4 Å². The number of halogens is 2. The van der Waals surface area contributed by atoms with Crippen molar-refractivity contribution < 1.29 is 8.78 Å². The summed E-state index contributed by atoms with van der Waals surface area (Å²) in [5, 5.41) is 7.84. The molecule has 6 aromatic heterocycles. The molecule has 2 aliphatic heterocycles. The largest absolute Gasteiger partial charge is 0.384 e. The normalized spacial score (nSPS) is 19.2. The van der Waals surface area contributed by atoms with Crippen LogP contribution in [0.5, 0.6) is 0 Å². The number of nitrogens with zero attached hydrogens (tertiary/aromatic N) is 10. The lowest BCUT2D eigenvalue weighted by molar-refractivity contribution is 0.356. The molecule has 2 aliphatic rings. The van der Waals surface area contributed by atoms with Gasteiger partial charge >= 0.3 is 0 Å². The van der Waals surface area contributed by atoms with E-state index in [0.29, 0.717) is 73.1 Å². The van der Waals surface area contributed by atoms with Crippen LogP contribution in [-0.4, -0.2) is 66.1 Å². The summed E-state index contributed by atoms with van der Waals surface area (Å²) in [5.41, 5.74) is 12.0. The maximum Gasteiger partial charge on any atom is 0.186 e. The van der Waals surface area contributed by atoms with Gasteiger partial charge < -0.3 is 31.9 Å². The third-order valence-corrected chi connectivity index (χ3v) is 10.9. The van der Waals surface area contributed by atoms with Gasteiger partial charge in [0.1, 0.15) is 56.4 Å². The van der Waals surface area contributed by atoms with E-state index >= 15 is 0 Å². The molecule has 8 rings (SSSR count). The lowest BCUT2D eigenvalue weighted by atomic mass is 9.92. The Morgan fingerprint density at radius 3 is 1.67 bits per heavy atom. The Labute approximate surface area is 300 Å². The molecule has 2 saturated heterocycles. The van der Waals surface area contributed by atoms with Crippen molar-refractivity contribution in [1.82, 2.24) is 39.9 Å². The minimum Gasteiger partial charge on any atom is -0.384 e. The lowest BCUT2D eigenvalue weighted by Gasteiger charge is -2.34. The molecule has 6 aromatic rings. The smallest absolute Gasteiger partial charge is 0.186 e. The van der Waals surface area contributed by atoms with Crippen LogP contribution >= 0.6 is 22.7 Å². The second-order valence-corrected chi connectivity index (χ2v) is 15.2. The zero-order chi connectivity index (χ0) is 35.6. The van der Waals surface area contributed by atoms with E-state index in [1.165, 1.54) is 60.6 Å². The Hall–Kier alpha value is -5.10. The minimum absolute atomic E-state index is 0.329. The molecule has 266 valence electrons. The highest BCUT2D eigenvalue weighted by Crippen LogP contribution is 2.38. The molecular weight excluding hydrogens is 695 g/mol. The summed E-state index contributed by atoms with van der Waals surface area (Å²) < 4.78 is 29.8. The predicted molar refractivity (Wildman–Crippen MR) is 200 cm³/mol. The molecule has 18 heteroatoms. The fourth-order valence-corrected chi connectivity index (χ4v) is 8.59. The number of fused-ring (bicyclic) bond motifs is 2. The van der Waals surface area contributed by atoms with Gasteiger partial charge in [0, 0.05) is 38.3 Å². The highest BCUT2D eigenvalue weighted by atomic mass is 32.1. The Bertz CT molecular complexity index is 2150. The standard InChI is InChI=1S/C17H20FN7S.C16H18FN7S/c1-9-3-10(2)7-25(6-9)17-24-14-11(18)5-20-16(15(14)26-17)23-13-4-12(19)21-8-22-13;1-9-3-2-4-24(7-9)16-23-13-10(17)6-19-15(14(13)25-16)22-12-5-11(18)20-8-21-12/h4-5,8-10H,3,6-7H2,1-2H3,(H3,19,20,21,22,23);5-6,8-9H,2-4,7H2,1H3,(H3,18,19,20,21,22)/t9-,10-;9-/m10/s1. The summed E-state index contributed by atoms with van der Waals surface area (Å²) in [6, 6.07) is 3.21. The van der Waals surface area contributed by atoms with Crippen LogP contribution in [0.3, 0.4) is 0 Å². The van der Waals surface area contributed by atoms with Crippen molar-refractivity contribution in [1.29, 1.82) is 0 Å². The van der Waals surface area contributed by atoms with Crippen molar-refractivity contribution in [2.24, 2.45) is 17.8 Å². The van der Waals surface area contributed by atoms with Gasteiger partial charge in [-0.25, -0.2) is 48.7 Å². The maximum atomic E-state index is 14.3. The summed E-state index contributed by atoms with van der Waals surface area (Å²) in [5.74, 6) is 3.71. The summed E-state index contributed by atoms with van der Waals surface area (Å²) >= 11 is 2.89. The molecule has 0 aliphatic carbocycles. The van der Waals surface area contributed by atoms with Gasteiger partial charge in [0.2, 0.25) is 0 Å². The molecule has 0 bridgehead atoms. The molecule has 0 spiro atoms. The first-order valence-electron chi connectivity index (χ1n) is 16.7. The lowest BCUT2D eigenvalue weighted by Crippen LogP contribution is -2.38. The van der Waals surface area contributed by atoms with Crippen molar-refractivity contribution in [3.8, 4) is 0 Å². The first kappa shape index (κ1) is 34.4. The van der Waals surface area contributed by atoms with Gasteiger partial charge in [0.25, 0.3) is 0 Å². The summed E-state index contributed by atoms with van der Waals surface area (Å²) in [4.78, 5) is 37.9. The molecule has 0 aromatic carbocycles. The van der Waals surface area contributed by atoms with Crippen molar-refractivity contribution >= 4 is 88.3 Å². The van der Waals surface area contributed by atoms with Crippen molar-refractivity contribution in [3.05, 3.63) is 48.8 Å². The minimum atomic E-state index is -0.423. The molecule has 0 radical (unpaired) electrons. The van der Waals surface area contributed by atoms with Gasteiger partial charge in [-0.05, 0) is 37.0 Å². The predicted octanol–water partition coefficient (Wildman–Crippen LogP) is 6.61. The number of hydrogen-bond acceptors (Lipinski definition) is 16. The van der Waals surface area contributed by atoms with Gasteiger partial charge in [-0.1, -0.05) is 43.4 Å². The van der Waals surface area contributed by atoms with Crippen LogP contribution in [0.15, 0.2) is 37.2 Å². The van der Waals surface area contributed by atoms with E-state index in [1.807, 2.05) is 0 Å². The van der Waals surface area contributed by atoms with E-state index in [4.69, 9.17) is 11.5 Å². The quantitative estimate of drug-likeness (QED) is 0.143. The van der Waals surface area contributed by atoms with Crippen molar-refractivity contribution in [3.63, 3.8) is 0 Å². The number of nitrogens with two attached hydrogens (primary N) is 2. The summed E-state index contributed by atoms with van der Waals surface area (Å²) in [6.45, 7) is 10.5. The van der Waals surface area contributed by atoms with E-state index < -0.39 is 11.6 Å². The number of anilines is 8. The maximum absolute atomic E-state index is 14.3. The Kier molecular flexibility index (Phi) is 9.86. The molecule has 2 fully saturated rings. The van der Waals surface area contributed by atoms with Crippen LogP contribution < -0.4 is 31.9 Å². The van der Waals surface area contributed by atoms with Gasteiger partial charge in [-0.15, -0.1) is 0 Å². The van der Waals surface area contributed by atoms with Crippen LogP contribution in [0, 0.1) is 29.4 Å². The number of nitrogen functional groups attached to an aromatic ring is 2. The molecule has 0 amide bonds. The Morgan fingerprint density at radius 1 is 0.686 bits per heavy atom. The summed E-state index contributed by atoms with van der Waals surface area (Å²) in [6.07, 6.45) is 8.65. The van der Waals surface area contributed by atoms with Crippen molar-refractivity contribution in [2.75, 3.05) is 58.1 Å². The highest BCUT2D eigenvalue weighted by molar-refractivity contribution is 7.23. The topological polar surface area (TPSA) is 186 Å². The average molecular weight is 733 g/mol. The fourth-order valence-electron chi connectivity index (χ4n) is 6.50. The van der Waals surface area contributed by atoms with Gasteiger partial charge in [-0.2, -0.15) is 0 Å². The number of thiazole rings is 2. The van der Waals surface area contributed by atoms with Crippen LogP contribution in [0.2, 0.25) is 0 Å². The number of hydrogen-bond donors (Lipinski definition) is 4. The second kappa shape index (κ2) is 14.6. The average Bonchev–Trinajstić information content (AvgIpc) is 3.75. The molecule has 14 nitrogen and oxygen atoms in total. The van der Waals surface area contributed by atoms with E-state index in [2.05, 4.69) is 81.1 Å². The Balaban J connectivity index is 0.000000159. The van der Waals surface area contributed by atoms with E-state index in [1.54, 1.807) is 12.1 Å². The van der Waals surface area contributed by atoms with E-state index in [9.17, 15) is 8.78 Å². The zero-order valence-electron chi connectivity index (χ0n) is 28.3. The molecular formula is C33H38F2N14S2. The van der Waals surface area contributed by atoms with Gasteiger partial charge in [-0.3, -0.25) is 0 Å². The second-order valence-electron chi connectivity index (χ2n) is 13.2. The molecule has 51 heavy (non-hydrogen) atoms. The van der Waals surface area contributed by atoms with Gasteiger partial charge in [0.15, 0.2) is 33.5 Å². The monoisotopic (exact) mass is 732 g/mol. The molecule has 0 saturated carbocycles. The first-order valence-corrected chi connectivity index (χ1v) is 18.3. The summed E-state index contributed by atoms with van der Waals surface area (Å²) in [7, 11) is 0. The molecule has 6 N–H and O–H groups in total. The third-order valence-electron chi connectivity index (χ3n) is 8.66. The fraction of sp³-hybridized carbons (Fsp3) is 0.394. The number of pyridine rings is 2. The van der Waals surface area contributed by atoms with Crippen LogP contribution in [-0.2, 0) is 0 Å². The van der Waals surface area contributed by atoms with Crippen LogP contribution in [0.1, 0.15) is 40.0 Å². The number of aromatic nitrogens is 8.